The molecule has 3 aliphatic rings. The van der Waals surface area contributed by atoms with Gasteiger partial charge < -0.3 is 15.4 Å². The summed E-state index contributed by atoms with van der Waals surface area (Å²) < 4.78 is 19.2. The van der Waals surface area contributed by atoms with E-state index in [2.05, 4.69) is 21.1 Å². The van der Waals surface area contributed by atoms with Crippen molar-refractivity contribution in [2.45, 2.75) is 19.8 Å². The second-order valence-electron chi connectivity index (χ2n) is 6.67. The molecule has 2 bridgehead atoms. The van der Waals surface area contributed by atoms with Crippen molar-refractivity contribution in [2.24, 2.45) is 4.99 Å². The summed E-state index contributed by atoms with van der Waals surface area (Å²) in [5.74, 6) is 0.124. The highest BCUT2D eigenvalue weighted by Crippen LogP contribution is 2.42. The van der Waals surface area contributed by atoms with Crippen LogP contribution in [0.25, 0.3) is 0 Å². The largest absolute Gasteiger partial charge is 0.471 e. The number of ether oxygens (including phenoxy) is 1. The van der Waals surface area contributed by atoms with Crippen LogP contribution in [-0.2, 0) is 4.84 Å². The van der Waals surface area contributed by atoms with Gasteiger partial charge in [-0.2, -0.15) is 0 Å². The third kappa shape index (κ3) is 2.41. The van der Waals surface area contributed by atoms with Gasteiger partial charge in [0.05, 0.1) is 11.4 Å². The summed E-state index contributed by atoms with van der Waals surface area (Å²) in [5.41, 5.74) is 6.92. The van der Waals surface area contributed by atoms with Crippen molar-refractivity contribution >= 4 is 23.3 Å². The van der Waals surface area contributed by atoms with Gasteiger partial charge in [0, 0.05) is 17.5 Å². The lowest BCUT2D eigenvalue weighted by Gasteiger charge is -2.36. The fourth-order valence-corrected chi connectivity index (χ4v) is 3.39. The molecule has 8 heteroatoms. The van der Waals surface area contributed by atoms with Gasteiger partial charge in [-0.3, -0.25) is 4.90 Å². The fourth-order valence-electron chi connectivity index (χ4n) is 3.39. The van der Waals surface area contributed by atoms with E-state index >= 15 is 0 Å². The molecule has 2 aromatic carbocycles. The number of rotatable bonds is 3. The maximum atomic E-state index is 13.6. The Morgan fingerprint density at radius 1 is 1.22 bits per heavy atom. The summed E-state index contributed by atoms with van der Waals surface area (Å²) in [4.78, 5) is 12.4. The number of aryl methyl sites for hydroxylation is 1. The van der Waals surface area contributed by atoms with Crippen LogP contribution in [0, 0.1) is 12.7 Å². The Labute approximate surface area is 155 Å². The van der Waals surface area contributed by atoms with Crippen LogP contribution in [0.2, 0.25) is 0 Å². The van der Waals surface area contributed by atoms with Crippen molar-refractivity contribution < 1.29 is 14.0 Å². The monoisotopic (exact) mass is 367 g/mol. The van der Waals surface area contributed by atoms with Gasteiger partial charge in [0.25, 0.3) is 0 Å². The van der Waals surface area contributed by atoms with E-state index in [1.54, 1.807) is 25.3 Å². The first-order valence-corrected chi connectivity index (χ1v) is 8.61. The van der Waals surface area contributed by atoms with Crippen LogP contribution in [0.5, 0.6) is 5.75 Å². The van der Waals surface area contributed by atoms with Gasteiger partial charge in [0.15, 0.2) is 6.73 Å². The van der Waals surface area contributed by atoms with E-state index in [1.807, 2.05) is 30.0 Å². The van der Waals surface area contributed by atoms with Crippen LogP contribution < -0.4 is 25.8 Å². The molecule has 0 amide bonds. The number of allylic oxidation sites excluding steroid dienone is 1. The van der Waals surface area contributed by atoms with Crippen LogP contribution in [0.3, 0.4) is 0 Å². The van der Waals surface area contributed by atoms with Gasteiger partial charge in [-0.05, 0) is 55.8 Å². The van der Waals surface area contributed by atoms with E-state index < -0.39 is 5.97 Å². The second-order valence-corrected chi connectivity index (χ2v) is 6.67. The Morgan fingerprint density at radius 3 is 2.96 bits per heavy atom. The van der Waals surface area contributed by atoms with Crippen LogP contribution in [-0.4, -0.2) is 18.9 Å². The zero-order chi connectivity index (χ0) is 18.6. The number of aliphatic imine (C=N–C) groups is 1. The molecule has 3 aliphatic heterocycles. The number of nitrogens with zero attached hydrogens (tertiary/aromatic N) is 2. The van der Waals surface area contributed by atoms with Crippen molar-refractivity contribution in [1.29, 1.82) is 0 Å². The predicted molar refractivity (Wildman–Crippen MR) is 101 cm³/mol. The minimum Gasteiger partial charge on any atom is -0.471 e. The standard InChI is InChI=1S/C19H18FN5O2/c1-11-7-13(3-5-15(11)20)23-19-22-9-12(2)18(24-27-19)25(19)14-4-6-17-16(8-14)21-10-26-17/h3-9,21,23-24H,10H2,1-2H3. The molecule has 0 aromatic heterocycles. The van der Waals surface area contributed by atoms with Gasteiger partial charge in [-0.25, -0.2) is 19.7 Å². The van der Waals surface area contributed by atoms with Crippen molar-refractivity contribution in [2.75, 3.05) is 22.3 Å². The van der Waals surface area contributed by atoms with Gasteiger partial charge in [-0.15, -0.1) is 0 Å². The highest BCUT2D eigenvalue weighted by atomic mass is 19.1. The van der Waals surface area contributed by atoms with E-state index in [4.69, 9.17) is 9.57 Å². The summed E-state index contributed by atoms with van der Waals surface area (Å²) in [5, 5.41) is 6.47. The first-order chi connectivity index (χ1) is 13.1. The number of hydrogen-bond acceptors (Lipinski definition) is 7. The van der Waals surface area contributed by atoms with Gasteiger partial charge >= 0.3 is 5.97 Å². The molecule has 2 aromatic rings. The van der Waals surface area contributed by atoms with Crippen molar-refractivity contribution in [1.82, 2.24) is 5.48 Å². The fraction of sp³-hybridized carbons (Fsp3) is 0.211. The lowest BCUT2D eigenvalue weighted by molar-refractivity contribution is -0.0214. The quantitative estimate of drug-likeness (QED) is 0.774. The molecule has 0 radical (unpaired) electrons. The number of nitrogens with one attached hydrogen (secondary N) is 3. The number of hydrogen-bond donors (Lipinski definition) is 3. The van der Waals surface area contributed by atoms with E-state index in [0.29, 0.717) is 18.0 Å². The molecule has 3 heterocycles. The smallest absolute Gasteiger partial charge is 0.351 e. The van der Waals surface area contributed by atoms with Crippen LogP contribution in [0.15, 0.2) is 52.8 Å². The number of hydroxylamine groups is 1. The topological polar surface area (TPSA) is 70.2 Å². The van der Waals surface area contributed by atoms with Crippen molar-refractivity contribution in [3.63, 3.8) is 0 Å². The zero-order valence-electron chi connectivity index (χ0n) is 14.8. The molecule has 1 unspecified atom stereocenters. The molecule has 0 spiro atoms. The maximum Gasteiger partial charge on any atom is 0.351 e. The molecular weight excluding hydrogens is 349 g/mol. The average molecular weight is 367 g/mol. The second kappa shape index (κ2) is 5.62. The molecule has 0 aliphatic carbocycles. The average Bonchev–Trinajstić information content (AvgIpc) is 3.23. The molecule has 0 saturated carbocycles. The summed E-state index contributed by atoms with van der Waals surface area (Å²) >= 11 is 0. The predicted octanol–water partition coefficient (Wildman–Crippen LogP) is 3.28. The van der Waals surface area contributed by atoms with Crippen LogP contribution >= 0.6 is 0 Å². The van der Waals surface area contributed by atoms with Crippen LogP contribution in [0.4, 0.5) is 21.5 Å². The minimum absolute atomic E-state index is 0.256. The number of benzene rings is 2. The summed E-state index contributed by atoms with van der Waals surface area (Å²) in [6.45, 7) is 4.12. The molecule has 27 heavy (non-hydrogen) atoms. The first-order valence-electron chi connectivity index (χ1n) is 8.61. The zero-order valence-corrected chi connectivity index (χ0v) is 14.8. The van der Waals surface area contributed by atoms with E-state index in [-0.39, 0.29) is 5.82 Å². The van der Waals surface area contributed by atoms with Gasteiger partial charge in [-0.1, -0.05) is 0 Å². The third-order valence-electron chi connectivity index (χ3n) is 4.80. The third-order valence-corrected chi connectivity index (χ3v) is 4.80. The van der Waals surface area contributed by atoms with E-state index in [0.717, 1.165) is 28.5 Å². The highest BCUT2D eigenvalue weighted by molar-refractivity contribution is 5.84. The minimum atomic E-state index is -1.22. The van der Waals surface area contributed by atoms with Gasteiger partial charge in [0.1, 0.15) is 17.4 Å². The Hall–Kier alpha value is -3.26. The SMILES string of the molecule is CC1=C2NOC(Nc3ccc(F)c(C)c3)(N=C1)N2c1ccc2c(c1)NCO2. The highest BCUT2D eigenvalue weighted by Gasteiger charge is 2.49. The Morgan fingerprint density at radius 2 is 2.11 bits per heavy atom. The molecule has 3 N–H and O–H groups in total. The molecule has 138 valence electrons. The molecule has 1 atom stereocenters. The molecule has 1 saturated heterocycles. The summed E-state index contributed by atoms with van der Waals surface area (Å²) in [6, 6.07) is 10.7. The molecule has 5 rings (SSSR count). The molecular formula is C19H18FN5O2. The Bertz CT molecular complexity index is 1010. The normalized spacial score (nSPS) is 22.3. The van der Waals surface area contributed by atoms with E-state index in [9.17, 15) is 4.39 Å². The molecule has 7 nitrogen and oxygen atoms in total. The van der Waals surface area contributed by atoms with Crippen molar-refractivity contribution in [3.05, 3.63) is 59.2 Å². The van der Waals surface area contributed by atoms with Crippen molar-refractivity contribution in [3.8, 4) is 5.75 Å². The van der Waals surface area contributed by atoms with Crippen LogP contribution in [0.1, 0.15) is 12.5 Å². The lowest BCUT2D eigenvalue weighted by Crippen LogP contribution is -2.51. The maximum absolute atomic E-state index is 13.6. The lowest BCUT2D eigenvalue weighted by atomic mass is 10.2. The Balaban J connectivity index is 1.57. The number of halogens is 1. The summed E-state index contributed by atoms with van der Waals surface area (Å²) in [6.07, 6.45) is 1.75. The first kappa shape index (κ1) is 16.0. The number of anilines is 3. The van der Waals surface area contributed by atoms with E-state index in [1.165, 1.54) is 6.07 Å². The Kier molecular flexibility index (Phi) is 3.32. The number of fused-ring (bicyclic) bond motifs is 3. The molecule has 1 fully saturated rings. The summed E-state index contributed by atoms with van der Waals surface area (Å²) in [7, 11) is 0. The van der Waals surface area contributed by atoms with Gasteiger partial charge in [0.2, 0.25) is 0 Å².